The van der Waals surface area contributed by atoms with Crippen molar-refractivity contribution in [2.75, 3.05) is 36.5 Å². The van der Waals surface area contributed by atoms with Gasteiger partial charge in [-0.1, -0.05) is 0 Å². The van der Waals surface area contributed by atoms with Gasteiger partial charge >= 0.3 is 0 Å². The lowest BCUT2D eigenvalue weighted by Crippen LogP contribution is -2.32. The normalized spacial score (nSPS) is 10.2. The molecule has 0 spiro atoms. The molecule has 27 heavy (non-hydrogen) atoms. The summed E-state index contributed by atoms with van der Waals surface area (Å²) in [7, 11) is 0. The second-order valence-corrected chi connectivity index (χ2v) is 5.77. The zero-order chi connectivity index (χ0) is 19.6. The number of anilines is 2. The van der Waals surface area contributed by atoms with Gasteiger partial charge in [0.1, 0.15) is 11.6 Å². The molecular weight excluding hydrogens is 344 g/mol. The molecule has 7 nitrogen and oxygen atoms in total. The molecule has 0 saturated carbocycles. The fraction of sp³-hybridized carbons (Fsp3) is 0.350. The number of benzene rings is 1. The monoisotopic (exact) mass is 370 g/mol. The molecule has 1 aromatic heterocycles. The average Bonchev–Trinajstić information content (AvgIpc) is 2.69. The van der Waals surface area contributed by atoms with Gasteiger partial charge in [0.15, 0.2) is 0 Å². The predicted octanol–water partition coefficient (Wildman–Crippen LogP) is 2.70. The Morgan fingerprint density at radius 2 is 1.74 bits per heavy atom. The summed E-state index contributed by atoms with van der Waals surface area (Å²) in [4.78, 5) is 30.6. The van der Waals surface area contributed by atoms with E-state index < -0.39 is 0 Å². The number of carbonyl (C=O) groups excluding carboxylic acids is 2. The van der Waals surface area contributed by atoms with Crippen molar-refractivity contribution in [3.05, 3.63) is 48.2 Å². The van der Waals surface area contributed by atoms with Crippen molar-refractivity contribution in [2.45, 2.75) is 20.8 Å². The van der Waals surface area contributed by atoms with Crippen LogP contribution >= 0.6 is 0 Å². The molecule has 0 aliphatic carbocycles. The molecule has 0 radical (unpaired) electrons. The first-order valence-electron chi connectivity index (χ1n) is 9.09. The summed E-state index contributed by atoms with van der Waals surface area (Å²) < 4.78 is 5.34. The van der Waals surface area contributed by atoms with Gasteiger partial charge in [0.25, 0.3) is 5.91 Å². The Labute approximate surface area is 159 Å². The third-order valence-electron chi connectivity index (χ3n) is 3.96. The Kier molecular flexibility index (Phi) is 7.61. The Hall–Kier alpha value is -3.09. The van der Waals surface area contributed by atoms with Gasteiger partial charge in [0, 0.05) is 18.7 Å². The highest BCUT2D eigenvalue weighted by Crippen LogP contribution is 2.14. The van der Waals surface area contributed by atoms with E-state index in [1.54, 1.807) is 36.5 Å². The third kappa shape index (κ3) is 5.99. The maximum Gasteiger partial charge on any atom is 0.251 e. The van der Waals surface area contributed by atoms with E-state index in [2.05, 4.69) is 34.4 Å². The molecule has 0 saturated heterocycles. The summed E-state index contributed by atoms with van der Waals surface area (Å²) in [5, 5.41) is 5.32. The van der Waals surface area contributed by atoms with Gasteiger partial charge in [0.05, 0.1) is 25.0 Å². The van der Waals surface area contributed by atoms with Gasteiger partial charge in [-0.3, -0.25) is 9.59 Å². The van der Waals surface area contributed by atoms with Gasteiger partial charge in [0.2, 0.25) is 5.91 Å². The quantitative estimate of drug-likeness (QED) is 0.709. The lowest BCUT2D eigenvalue weighted by Gasteiger charge is -2.19. The molecule has 0 unspecified atom stereocenters. The molecular formula is C20H26N4O3. The largest absolute Gasteiger partial charge is 0.494 e. The van der Waals surface area contributed by atoms with Crippen molar-refractivity contribution in [3.8, 4) is 5.75 Å². The van der Waals surface area contributed by atoms with Crippen LogP contribution in [-0.4, -0.2) is 43.0 Å². The van der Waals surface area contributed by atoms with E-state index in [9.17, 15) is 9.59 Å². The number of nitrogens with one attached hydrogen (secondary N) is 2. The highest BCUT2D eigenvalue weighted by Gasteiger charge is 2.09. The van der Waals surface area contributed by atoms with E-state index in [0.29, 0.717) is 23.6 Å². The van der Waals surface area contributed by atoms with E-state index in [0.717, 1.165) is 18.9 Å². The molecule has 0 bridgehead atoms. The number of carbonyl (C=O) groups is 2. The van der Waals surface area contributed by atoms with Crippen molar-refractivity contribution in [1.29, 1.82) is 0 Å². The Morgan fingerprint density at radius 3 is 2.30 bits per heavy atom. The Bertz CT molecular complexity index is 741. The number of pyridine rings is 1. The van der Waals surface area contributed by atoms with Gasteiger partial charge in [-0.2, -0.15) is 0 Å². The highest BCUT2D eigenvalue weighted by molar-refractivity contribution is 5.99. The van der Waals surface area contributed by atoms with Gasteiger partial charge in [-0.05, 0) is 57.2 Å². The van der Waals surface area contributed by atoms with Crippen LogP contribution in [0.2, 0.25) is 0 Å². The molecule has 2 aromatic rings. The van der Waals surface area contributed by atoms with E-state index in [4.69, 9.17) is 4.74 Å². The molecule has 144 valence electrons. The smallest absolute Gasteiger partial charge is 0.251 e. The zero-order valence-corrected chi connectivity index (χ0v) is 16.0. The summed E-state index contributed by atoms with van der Waals surface area (Å²) in [6.07, 6.45) is 1.61. The van der Waals surface area contributed by atoms with Crippen molar-refractivity contribution in [2.24, 2.45) is 0 Å². The van der Waals surface area contributed by atoms with E-state index in [1.165, 1.54) is 0 Å². The highest BCUT2D eigenvalue weighted by atomic mass is 16.5. The molecule has 7 heteroatoms. The molecule has 2 amide bonds. The minimum atomic E-state index is -0.316. The van der Waals surface area contributed by atoms with Crippen molar-refractivity contribution in [1.82, 2.24) is 10.3 Å². The fourth-order valence-electron chi connectivity index (χ4n) is 2.53. The van der Waals surface area contributed by atoms with Gasteiger partial charge in [-0.25, -0.2) is 4.98 Å². The first-order chi connectivity index (χ1) is 13.1. The van der Waals surface area contributed by atoms with Crippen LogP contribution in [0.1, 0.15) is 31.1 Å². The molecule has 0 atom stereocenters. The van der Waals surface area contributed by atoms with Crippen LogP contribution in [0.15, 0.2) is 42.6 Å². The molecule has 1 heterocycles. The minimum Gasteiger partial charge on any atom is -0.494 e. The van der Waals surface area contributed by atoms with Crippen LogP contribution in [0.25, 0.3) is 0 Å². The fourth-order valence-corrected chi connectivity index (χ4v) is 2.53. The summed E-state index contributed by atoms with van der Waals surface area (Å²) in [5.41, 5.74) is 1.06. The van der Waals surface area contributed by atoms with E-state index >= 15 is 0 Å². The lowest BCUT2D eigenvalue weighted by atomic mass is 10.2. The van der Waals surface area contributed by atoms with Crippen LogP contribution in [0, 0.1) is 0 Å². The number of aromatic nitrogens is 1. The summed E-state index contributed by atoms with van der Waals surface area (Å²) in [6, 6.07) is 10.4. The number of nitrogens with zero attached hydrogens (tertiary/aromatic N) is 2. The number of hydrogen-bond acceptors (Lipinski definition) is 5. The predicted molar refractivity (Wildman–Crippen MR) is 106 cm³/mol. The van der Waals surface area contributed by atoms with Crippen LogP contribution < -0.4 is 20.3 Å². The average molecular weight is 370 g/mol. The standard InChI is InChI=1S/C20H26N4O3/c1-4-24(5-2)18-12-9-16(13-21-18)23-19(25)14-22-20(26)15-7-10-17(11-8-15)27-6-3/h7-13H,4-6,14H2,1-3H3,(H,22,26)(H,23,25). The van der Waals surface area contributed by atoms with Crippen molar-refractivity contribution < 1.29 is 14.3 Å². The molecule has 1 aromatic carbocycles. The second kappa shape index (κ2) is 10.2. The molecule has 0 fully saturated rings. The van der Waals surface area contributed by atoms with E-state index in [1.807, 2.05) is 13.0 Å². The van der Waals surface area contributed by atoms with Crippen molar-refractivity contribution >= 4 is 23.3 Å². The summed E-state index contributed by atoms with van der Waals surface area (Å²) in [6.45, 7) is 8.20. The van der Waals surface area contributed by atoms with Gasteiger partial charge < -0.3 is 20.3 Å². The Balaban J connectivity index is 1.84. The molecule has 0 aliphatic heterocycles. The third-order valence-corrected chi connectivity index (χ3v) is 3.96. The second-order valence-electron chi connectivity index (χ2n) is 5.77. The van der Waals surface area contributed by atoms with Crippen LogP contribution in [-0.2, 0) is 4.79 Å². The van der Waals surface area contributed by atoms with Crippen LogP contribution in [0.5, 0.6) is 5.75 Å². The molecule has 0 aliphatic rings. The summed E-state index contributed by atoms with van der Waals surface area (Å²) in [5.74, 6) is 0.934. The Morgan fingerprint density at radius 1 is 1.04 bits per heavy atom. The lowest BCUT2D eigenvalue weighted by molar-refractivity contribution is -0.115. The van der Waals surface area contributed by atoms with Crippen LogP contribution in [0.3, 0.4) is 0 Å². The minimum absolute atomic E-state index is 0.121. The number of hydrogen-bond donors (Lipinski definition) is 2. The zero-order valence-electron chi connectivity index (χ0n) is 16.0. The maximum atomic E-state index is 12.1. The SMILES string of the molecule is CCOc1ccc(C(=O)NCC(=O)Nc2ccc(N(CC)CC)nc2)cc1. The van der Waals surface area contributed by atoms with Crippen molar-refractivity contribution in [3.63, 3.8) is 0 Å². The molecule has 2 rings (SSSR count). The topological polar surface area (TPSA) is 83.6 Å². The van der Waals surface area contributed by atoms with E-state index in [-0.39, 0.29) is 18.4 Å². The first-order valence-corrected chi connectivity index (χ1v) is 9.09. The van der Waals surface area contributed by atoms with Crippen LogP contribution in [0.4, 0.5) is 11.5 Å². The maximum absolute atomic E-state index is 12.1. The first kappa shape index (κ1) is 20.2. The summed E-state index contributed by atoms with van der Waals surface area (Å²) >= 11 is 0. The molecule has 2 N–H and O–H groups in total. The van der Waals surface area contributed by atoms with Gasteiger partial charge in [-0.15, -0.1) is 0 Å². The number of amides is 2. The number of rotatable bonds is 9. The number of ether oxygens (including phenoxy) is 1.